The Balaban J connectivity index is 2.02. The number of hydrogen-bond acceptors (Lipinski definition) is 4. The molecule has 1 aromatic rings. The Morgan fingerprint density at radius 3 is 3.00 bits per heavy atom. The van der Waals surface area contributed by atoms with Gasteiger partial charge >= 0.3 is 6.01 Å². The topological polar surface area (TPSA) is 61.0 Å². The van der Waals surface area contributed by atoms with E-state index in [0.717, 1.165) is 12.1 Å². The number of aromatic nitrogens is 2. The molecule has 1 aliphatic carbocycles. The standard InChI is InChI=1S/C13H21N3O/c1-2-10-5-3-4-6-12(10)17-13-15-8-7-11(9-14)16-13/h7-8,10,12H,2-6,9,14H2,1H3. The van der Waals surface area contributed by atoms with Crippen molar-refractivity contribution in [2.45, 2.75) is 51.7 Å². The summed E-state index contributed by atoms with van der Waals surface area (Å²) in [5.41, 5.74) is 6.39. The second kappa shape index (κ2) is 5.96. The maximum absolute atomic E-state index is 5.92. The Morgan fingerprint density at radius 1 is 1.41 bits per heavy atom. The minimum Gasteiger partial charge on any atom is -0.460 e. The lowest BCUT2D eigenvalue weighted by Gasteiger charge is -2.30. The Labute approximate surface area is 103 Å². The molecular weight excluding hydrogens is 214 g/mol. The normalized spacial score (nSPS) is 24.6. The number of hydrogen-bond donors (Lipinski definition) is 1. The first-order valence-corrected chi connectivity index (χ1v) is 6.52. The summed E-state index contributed by atoms with van der Waals surface area (Å²) >= 11 is 0. The fraction of sp³-hybridized carbons (Fsp3) is 0.692. The lowest BCUT2D eigenvalue weighted by Crippen LogP contribution is -2.30. The van der Waals surface area contributed by atoms with E-state index >= 15 is 0 Å². The summed E-state index contributed by atoms with van der Waals surface area (Å²) in [6, 6.07) is 2.31. The van der Waals surface area contributed by atoms with Gasteiger partial charge in [-0.1, -0.05) is 13.3 Å². The molecule has 0 aliphatic heterocycles. The van der Waals surface area contributed by atoms with Crippen LogP contribution in [0.2, 0.25) is 0 Å². The first kappa shape index (κ1) is 12.3. The van der Waals surface area contributed by atoms with Crippen LogP contribution in [0.15, 0.2) is 12.3 Å². The van der Waals surface area contributed by atoms with Gasteiger partial charge in [0.15, 0.2) is 0 Å². The van der Waals surface area contributed by atoms with Gasteiger partial charge in [-0.05, 0) is 37.7 Å². The average molecular weight is 235 g/mol. The molecule has 1 fully saturated rings. The monoisotopic (exact) mass is 235 g/mol. The van der Waals surface area contributed by atoms with Gasteiger partial charge in [0.2, 0.25) is 0 Å². The fourth-order valence-corrected chi connectivity index (χ4v) is 2.48. The molecular formula is C13H21N3O. The molecule has 94 valence electrons. The van der Waals surface area contributed by atoms with E-state index in [1.54, 1.807) is 6.20 Å². The molecule has 2 unspecified atom stereocenters. The van der Waals surface area contributed by atoms with Crippen molar-refractivity contribution in [3.8, 4) is 6.01 Å². The minimum atomic E-state index is 0.279. The highest BCUT2D eigenvalue weighted by Gasteiger charge is 2.25. The molecule has 2 atom stereocenters. The van der Waals surface area contributed by atoms with Gasteiger partial charge < -0.3 is 10.5 Å². The molecule has 1 saturated carbocycles. The van der Waals surface area contributed by atoms with Gasteiger partial charge in [-0.3, -0.25) is 0 Å². The van der Waals surface area contributed by atoms with Crippen molar-refractivity contribution in [1.82, 2.24) is 9.97 Å². The second-order valence-electron chi connectivity index (χ2n) is 4.64. The molecule has 0 radical (unpaired) electrons. The zero-order valence-corrected chi connectivity index (χ0v) is 10.4. The highest BCUT2D eigenvalue weighted by molar-refractivity contribution is 5.05. The molecule has 1 aliphatic rings. The van der Waals surface area contributed by atoms with Gasteiger partial charge in [-0.15, -0.1) is 0 Å². The highest BCUT2D eigenvalue weighted by atomic mass is 16.5. The van der Waals surface area contributed by atoms with E-state index in [0.29, 0.717) is 18.5 Å². The van der Waals surface area contributed by atoms with E-state index < -0.39 is 0 Å². The van der Waals surface area contributed by atoms with Crippen LogP contribution in [0.4, 0.5) is 0 Å². The quantitative estimate of drug-likeness (QED) is 0.869. The van der Waals surface area contributed by atoms with E-state index in [2.05, 4.69) is 16.9 Å². The van der Waals surface area contributed by atoms with Gasteiger partial charge in [0.25, 0.3) is 0 Å². The summed E-state index contributed by atoms with van der Waals surface area (Å²) in [7, 11) is 0. The number of nitrogens with two attached hydrogens (primary N) is 1. The van der Waals surface area contributed by atoms with Gasteiger partial charge in [0.1, 0.15) is 6.10 Å². The van der Waals surface area contributed by atoms with Crippen LogP contribution in [0, 0.1) is 5.92 Å². The number of ether oxygens (including phenoxy) is 1. The molecule has 0 bridgehead atoms. The number of rotatable bonds is 4. The van der Waals surface area contributed by atoms with Crippen molar-refractivity contribution < 1.29 is 4.74 Å². The zero-order valence-electron chi connectivity index (χ0n) is 10.4. The largest absolute Gasteiger partial charge is 0.460 e. The van der Waals surface area contributed by atoms with Crippen LogP contribution in [-0.4, -0.2) is 16.1 Å². The van der Waals surface area contributed by atoms with E-state index in [9.17, 15) is 0 Å². The zero-order chi connectivity index (χ0) is 12.1. The molecule has 17 heavy (non-hydrogen) atoms. The SMILES string of the molecule is CCC1CCCCC1Oc1nccc(CN)n1. The summed E-state index contributed by atoms with van der Waals surface area (Å²) in [5.74, 6) is 0.647. The van der Waals surface area contributed by atoms with Crippen molar-refractivity contribution in [1.29, 1.82) is 0 Å². The van der Waals surface area contributed by atoms with Crippen molar-refractivity contribution in [3.05, 3.63) is 18.0 Å². The third-order valence-corrected chi connectivity index (χ3v) is 3.52. The smallest absolute Gasteiger partial charge is 0.316 e. The number of nitrogens with zero attached hydrogens (tertiary/aromatic N) is 2. The summed E-state index contributed by atoms with van der Waals surface area (Å²) in [5, 5.41) is 0. The highest BCUT2D eigenvalue weighted by Crippen LogP contribution is 2.29. The van der Waals surface area contributed by atoms with Crippen LogP contribution < -0.4 is 10.5 Å². The molecule has 1 aromatic heterocycles. The van der Waals surface area contributed by atoms with E-state index in [4.69, 9.17) is 10.5 Å². The lowest BCUT2D eigenvalue weighted by molar-refractivity contribution is 0.0807. The van der Waals surface area contributed by atoms with E-state index in [-0.39, 0.29) is 6.10 Å². The maximum atomic E-state index is 5.92. The predicted molar refractivity (Wildman–Crippen MR) is 66.6 cm³/mol. The second-order valence-corrected chi connectivity index (χ2v) is 4.64. The first-order chi connectivity index (χ1) is 8.33. The van der Waals surface area contributed by atoms with Crippen molar-refractivity contribution in [2.75, 3.05) is 0 Å². The lowest BCUT2D eigenvalue weighted by atomic mass is 9.85. The summed E-state index contributed by atoms with van der Waals surface area (Å²) < 4.78 is 5.92. The molecule has 0 spiro atoms. The Bertz CT molecular complexity index is 356. The Kier molecular flexibility index (Phi) is 4.31. The van der Waals surface area contributed by atoms with Crippen LogP contribution in [-0.2, 0) is 6.54 Å². The van der Waals surface area contributed by atoms with Crippen LogP contribution in [0.5, 0.6) is 6.01 Å². The average Bonchev–Trinajstić information content (AvgIpc) is 2.39. The van der Waals surface area contributed by atoms with Gasteiger partial charge in [-0.25, -0.2) is 4.98 Å². The van der Waals surface area contributed by atoms with Gasteiger partial charge in [-0.2, -0.15) is 4.98 Å². The molecule has 1 heterocycles. The van der Waals surface area contributed by atoms with Gasteiger partial charge in [0, 0.05) is 12.7 Å². The van der Waals surface area contributed by atoms with Crippen molar-refractivity contribution in [2.24, 2.45) is 11.7 Å². The molecule has 0 amide bonds. The van der Waals surface area contributed by atoms with Crippen LogP contribution in [0.3, 0.4) is 0 Å². The molecule has 0 aromatic carbocycles. The van der Waals surface area contributed by atoms with Crippen molar-refractivity contribution in [3.63, 3.8) is 0 Å². The Hall–Kier alpha value is -1.16. The van der Waals surface area contributed by atoms with Crippen molar-refractivity contribution >= 4 is 0 Å². The first-order valence-electron chi connectivity index (χ1n) is 6.52. The Morgan fingerprint density at radius 2 is 2.24 bits per heavy atom. The molecule has 2 N–H and O–H groups in total. The van der Waals surface area contributed by atoms with Gasteiger partial charge in [0.05, 0.1) is 5.69 Å². The van der Waals surface area contributed by atoms with Crippen LogP contribution in [0.25, 0.3) is 0 Å². The molecule has 2 rings (SSSR count). The third kappa shape index (κ3) is 3.16. The maximum Gasteiger partial charge on any atom is 0.316 e. The van der Waals surface area contributed by atoms with E-state index in [1.165, 1.54) is 25.7 Å². The summed E-state index contributed by atoms with van der Waals surface area (Å²) in [6.45, 7) is 2.66. The van der Waals surface area contributed by atoms with Crippen LogP contribution in [0.1, 0.15) is 44.7 Å². The summed E-state index contributed by atoms with van der Waals surface area (Å²) in [6.07, 6.45) is 8.11. The molecule has 4 nitrogen and oxygen atoms in total. The minimum absolute atomic E-state index is 0.279. The predicted octanol–water partition coefficient (Wildman–Crippen LogP) is 2.28. The molecule has 4 heteroatoms. The van der Waals surface area contributed by atoms with Crippen LogP contribution >= 0.6 is 0 Å². The summed E-state index contributed by atoms with van der Waals surface area (Å²) in [4.78, 5) is 8.46. The third-order valence-electron chi connectivity index (χ3n) is 3.52. The molecule has 0 saturated heterocycles. The van der Waals surface area contributed by atoms with E-state index in [1.807, 2.05) is 6.07 Å². The fourth-order valence-electron chi connectivity index (χ4n) is 2.48.